The summed E-state index contributed by atoms with van der Waals surface area (Å²) in [6.07, 6.45) is 1.90. The lowest BCUT2D eigenvalue weighted by Crippen LogP contribution is -2.48. The van der Waals surface area contributed by atoms with Gasteiger partial charge in [-0.3, -0.25) is 4.79 Å². The second-order valence-electron chi connectivity index (χ2n) is 6.32. The fourth-order valence-electron chi connectivity index (χ4n) is 2.99. The average molecular weight is 385 g/mol. The lowest BCUT2D eigenvalue weighted by molar-refractivity contribution is 0.0751. The van der Waals surface area contributed by atoms with Gasteiger partial charge in [0.1, 0.15) is 10.8 Å². The lowest BCUT2D eigenvalue weighted by atomic mass is 10.2. The van der Waals surface area contributed by atoms with Crippen LogP contribution < -0.4 is 4.90 Å². The Morgan fingerprint density at radius 2 is 1.92 bits per heavy atom. The van der Waals surface area contributed by atoms with Crippen molar-refractivity contribution in [3.8, 4) is 10.6 Å². The zero-order valence-electron chi connectivity index (χ0n) is 14.8. The first kappa shape index (κ1) is 17.2. The number of amides is 1. The predicted molar refractivity (Wildman–Crippen MR) is 107 cm³/mol. The maximum absolute atomic E-state index is 12.4. The summed E-state index contributed by atoms with van der Waals surface area (Å²) >= 11 is 3.21. The summed E-state index contributed by atoms with van der Waals surface area (Å²) in [6.45, 7) is 7.19. The zero-order chi connectivity index (χ0) is 18.1. The normalized spacial score (nSPS) is 14.7. The van der Waals surface area contributed by atoms with Crippen LogP contribution >= 0.6 is 22.7 Å². The molecular weight excluding hydrogens is 364 g/mol. The Kier molecular flexibility index (Phi) is 4.74. The van der Waals surface area contributed by atoms with E-state index in [0.29, 0.717) is 0 Å². The highest BCUT2D eigenvalue weighted by Crippen LogP contribution is 2.28. The molecule has 1 saturated heterocycles. The topological polar surface area (TPSA) is 49.3 Å². The Morgan fingerprint density at radius 3 is 2.50 bits per heavy atom. The second-order valence-corrected chi connectivity index (χ2v) is 8.47. The number of thiazole rings is 1. The van der Waals surface area contributed by atoms with Crippen LogP contribution in [0.25, 0.3) is 10.6 Å². The maximum Gasteiger partial charge on any atom is 0.264 e. The van der Waals surface area contributed by atoms with Gasteiger partial charge in [0.15, 0.2) is 0 Å². The van der Waals surface area contributed by atoms with Crippen LogP contribution in [0.3, 0.4) is 0 Å². The van der Waals surface area contributed by atoms with E-state index < -0.39 is 0 Å². The molecule has 3 aromatic rings. The number of rotatable bonds is 3. The van der Waals surface area contributed by atoms with Crippen LogP contribution in [-0.2, 0) is 0 Å². The van der Waals surface area contributed by atoms with Crippen LogP contribution in [0.15, 0.2) is 35.8 Å². The summed E-state index contributed by atoms with van der Waals surface area (Å²) in [5, 5.41) is 2.96. The number of anilines is 1. The van der Waals surface area contributed by atoms with Crippen molar-refractivity contribution in [2.45, 2.75) is 13.8 Å². The van der Waals surface area contributed by atoms with E-state index >= 15 is 0 Å². The van der Waals surface area contributed by atoms with Crippen molar-refractivity contribution in [1.29, 1.82) is 0 Å². The molecule has 0 unspecified atom stereocenters. The standard InChI is InChI=1S/C19H20N4OS2/c1-13-14(2)26-18(21-13)15-5-6-17(20-12-15)22-7-9-23(10-8-22)19(24)16-4-3-11-25-16/h3-6,11-12H,7-10H2,1-2H3. The van der Waals surface area contributed by atoms with Crippen LogP contribution in [0.1, 0.15) is 20.2 Å². The molecule has 3 aromatic heterocycles. The van der Waals surface area contributed by atoms with Crippen molar-refractivity contribution < 1.29 is 4.79 Å². The smallest absolute Gasteiger partial charge is 0.264 e. The Balaban J connectivity index is 1.41. The molecule has 0 aliphatic carbocycles. The molecule has 4 heterocycles. The third-order valence-corrected chi connectivity index (χ3v) is 6.63. The van der Waals surface area contributed by atoms with Gasteiger partial charge in [-0.15, -0.1) is 22.7 Å². The highest BCUT2D eigenvalue weighted by atomic mass is 32.1. The molecule has 26 heavy (non-hydrogen) atoms. The van der Waals surface area contributed by atoms with Gasteiger partial charge in [-0.1, -0.05) is 6.07 Å². The number of hydrogen-bond donors (Lipinski definition) is 0. The first-order chi connectivity index (χ1) is 12.6. The fraction of sp³-hybridized carbons (Fsp3) is 0.316. The highest BCUT2D eigenvalue weighted by molar-refractivity contribution is 7.15. The van der Waals surface area contributed by atoms with Gasteiger partial charge < -0.3 is 9.80 Å². The number of pyridine rings is 1. The highest BCUT2D eigenvalue weighted by Gasteiger charge is 2.23. The number of carbonyl (C=O) groups excluding carboxylic acids is 1. The summed E-state index contributed by atoms with van der Waals surface area (Å²) in [5.74, 6) is 1.10. The fourth-order valence-corrected chi connectivity index (χ4v) is 4.59. The molecule has 0 aromatic carbocycles. The number of thiophene rings is 1. The summed E-state index contributed by atoms with van der Waals surface area (Å²) in [5.41, 5.74) is 2.14. The minimum Gasteiger partial charge on any atom is -0.353 e. The van der Waals surface area contributed by atoms with Crippen molar-refractivity contribution >= 4 is 34.4 Å². The van der Waals surface area contributed by atoms with Crippen molar-refractivity contribution in [3.63, 3.8) is 0 Å². The molecule has 0 spiro atoms. The first-order valence-electron chi connectivity index (χ1n) is 8.60. The molecule has 5 nitrogen and oxygen atoms in total. The molecule has 1 fully saturated rings. The number of hydrogen-bond acceptors (Lipinski definition) is 6. The van der Waals surface area contributed by atoms with Gasteiger partial charge in [-0.25, -0.2) is 9.97 Å². The predicted octanol–water partition coefficient (Wildman–Crippen LogP) is 3.85. The largest absolute Gasteiger partial charge is 0.353 e. The Bertz CT molecular complexity index is 875. The van der Waals surface area contributed by atoms with E-state index in [-0.39, 0.29) is 5.91 Å². The number of carbonyl (C=O) groups is 1. The molecular formula is C19H20N4OS2. The molecule has 0 bridgehead atoms. The number of aromatic nitrogens is 2. The van der Waals surface area contributed by atoms with Gasteiger partial charge in [-0.2, -0.15) is 0 Å². The van der Waals surface area contributed by atoms with E-state index in [0.717, 1.165) is 53.1 Å². The Labute approximate surface area is 160 Å². The van der Waals surface area contributed by atoms with E-state index in [1.54, 1.807) is 11.3 Å². The van der Waals surface area contributed by atoms with Gasteiger partial charge in [0.25, 0.3) is 5.91 Å². The molecule has 1 aliphatic rings. The minimum atomic E-state index is 0.137. The first-order valence-corrected chi connectivity index (χ1v) is 10.3. The quantitative estimate of drug-likeness (QED) is 0.688. The number of aryl methyl sites for hydroxylation is 2. The monoisotopic (exact) mass is 384 g/mol. The van der Waals surface area contributed by atoms with Crippen molar-refractivity contribution in [2.24, 2.45) is 0 Å². The average Bonchev–Trinajstić information content (AvgIpc) is 3.32. The summed E-state index contributed by atoms with van der Waals surface area (Å²) < 4.78 is 0. The van der Waals surface area contributed by atoms with Crippen molar-refractivity contribution in [3.05, 3.63) is 51.3 Å². The minimum absolute atomic E-state index is 0.137. The van der Waals surface area contributed by atoms with Crippen molar-refractivity contribution in [2.75, 3.05) is 31.1 Å². The van der Waals surface area contributed by atoms with E-state index in [2.05, 4.69) is 33.9 Å². The molecule has 4 rings (SSSR count). The van der Waals surface area contributed by atoms with E-state index in [9.17, 15) is 4.79 Å². The molecule has 134 valence electrons. The van der Waals surface area contributed by atoms with Crippen LogP contribution in [0.4, 0.5) is 5.82 Å². The van der Waals surface area contributed by atoms with Crippen LogP contribution in [0, 0.1) is 13.8 Å². The SMILES string of the molecule is Cc1nc(-c2ccc(N3CCN(C(=O)c4cccs4)CC3)nc2)sc1C. The zero-order valence-corrected chi connectivity index (χ0v) is 16.4. The number of nitrogens with zero attached hydrogens (tertiary/aromatic N) is 4. The third-order valence-electron chi connectivity index (χ3n) is 4.65. The van der Waals surface area contributed by atoms with E-state index in [1.807, 2.05) is 35.5 Å². The molecule has 7 heteroatoms. The lowest BCUT2D eigenvalue weighted by Gasteiger charge is -2.35. The molecule has 0 radical (unpaired) electrons. The molecule has 1 aliphatic heterocycles. The number of piperazine rings is 1. The second kappa shape index (κ2) is 7.17. The Hall–Kier alpha value is -2.25. The van der Waals surface area contributed by atoms with E-state index in [4.69, 9.17) is 0 Å². The van der Waals surface area contributed by atoms with Gasteiger partial charge in [-0.05, 0) is 37.4 Å². The maximum atomic E-state index is 12.4. The van der Waals surface area contributed by atoms with Crippen molar-refractivity contribution in [1.82, 2.24) is 14.9 Å². The van der Waals surface area contributed by atoms with Gasteiger partial charge >= 0.3 is 0 Å². The van der Waals surface area contributed by atoms with Gasteiger partial charge in [0.2, 0.25) is 0 Å². The van der Waals surface area contributed by atoms with Gasteiger partial charge in [0, 0.05) is 42.8 Å². The summed E-state index contributed by atoms with van der Waals surface area (Å²) in [7, 11) is 0. The van der Waals surface area contributed by atoms with E-state index in [1.165, 1.54) is 16.2 Å². The summed E-state index contributed by atoms with van der Waals surface area (Å²) in [4.78, 5) is 27.9. The van der Waals surface area contributed by atoms with Crippen LogP contribution in [0.2, 0.25) is 0 Å². The third kappa shape index (κ3) is 3.37. The molecule has 1 amide bonds. The molecule has 0 saturated carbocycles. The molecule has 0 N–H and O–H groups in total. The van der Waals surface area contributed by atoms with Gasteiger partial charge in [0.05, 0.1) is 10.6 Å². The Morgan fingerprint density at radius 1 is 1.12 bits per heavy atom. The summed E-state index contributed by atoms with van der Waals surface area (Å²) in [6, 6.07) is 7.95. The molecule has 0 atom stereocenters. The van der Waals surface area contributed by atoms with Crippen LogP contribution in [-0.4, -0.2) is 47.0 Å². The van der Waals surface area contributed by atoms with Crippen LogP contribution in [0.5, 0.6) is 0 Å².